The van der Waals surface area contributed by atoms with Crippen LogP contribution in [0.2, 0.25) is 5.02 Å². The molecule has 0 spiro atoms. The second-order valence-electron chi connectivity index (χ2n) is 6.10. The number of para-hydroxylation sites is 1. The summed E-state index contributed by atoms with van der Waals surface area (Å²) in [5.74, 6) is -0.441. The first-order valence-electron chi connectivity index (χ1n) is 8.13. The van der Waals surface area contributed by atoms with Gasteiger partial charge in [-0.05, 0) is 23.6 Å². The van der Waals surface area contributed by atoms with Gasteiger partial charge in [-0.2, -0.15) is 0 Å². The van der Waals surface area contributed by atoms with Gasteiger partial charge in [-0.3, -0.25) is 9.59 Å². The van der Waals surface area contributed by atoms with Crippen molar-refractivity contribution < 1.29 is 4.79 Å². The Labute approximate surface area is 154 Å². The minimum absolute atomic E-state index is 0.0789. The molecule has 0 atom stereocenters. The van der Waals surface area contributed by atoms with Crippen molar-refractivity contribution in [2.75, 3.05) is 5.32 Å². The average molecular weight is 363 g/mol. The van der Waals surface area contributed by atoms with Gasteiger partial charge in [-0.25, -0.2) is 0 Å². The van der Waals surface area contributed by atoms with Crippen molar-refractivity contribution in [3.63, 3.8) is 0 Å². The minimum Gasteiger partial charge on any atom is -0.348 e. The van der Waals surface area contributed by atoms with Gasteiger partial charge in [0, 0.05) is 29.7 Å². The predicted octanol–water partition coefficient (Wildman–Crippen LogP) is 4.60. The molecule has 0 aliphatic rings. The number of pyridine rings is 1. The second-order valence-corrected chi connectivity index (χ2v) is 6.51. The molecule has 0 fully saturated rings. The molecule has 26 heavy (non-hydrogen) atoms. The molecule has 128 valence electrons. The van der Waals surface area contributed by atoms with E-state index in [2.05, 4.69) is 5.32 Å². The molecule has 1 amide bonds. The first-order valence-corrected chi connectivity index (χ1v) is 8.51. The number of carbonyl (C=O) groups is 1. The lowest BCUT2D eigenvalue weighted by atomic mass is 10.1. The van der Waals surface area contributed by atoms with E-state index in [1.54, 1.807) is 29.8 Å². The second kappa shape index (κ2) is 6.32. The predicted molar refractivity (Wildman–Crippen MR) is 106 cm³/mol. The maximum Gasteiger partial charge on any atom is 0.261 e. The van der Waals surface area contributed by atoms with Crippen LogP contribution in [0.5, 0.6) is 0 Å². The molecule has 0 aliphatic heterocycles. The Morgan fingerprint density at radius 1 is 0.962 bits per heavy atom. The topological polar surface area (TPSA) is 51.1 Å². The molecular weight excluding hydrogens is 348 g/mol. The van der Waals surface area contributed by atoms with Crippen molar-refractivity contribution >= 4 is 44.9 Å². The Bertz CT molecular complexity index is 1220. The van der Waals surface area contributed by atoms with E-state index in [1.165, 1.54) is 6.20 Å². The molecule has 3 aromatic carbocycles. The lowest BCUT2D eigenvalue weighted by molar-refractivity contribution is 0.102. The van der Waals surface area contributed by atoms with Gasteiger partial charge >= 0.3 is 0 Å². The summed E-state index contributed by atoms with van der Waals surface area (Å²) in [4.78, 5) is 25.6. The Balaban J connectivity index is 1.82. The van der Waals surface area contributed by atoms with Crippen LogP contribution in [0, 0.1) is 0 Å². The highest BCUT2D eigenvalue weighted by Gasteiger charge is 2.16. The van der Waals surface area contributed by atoms with Crippen LogP contribution in [0.25, 0.3) is 21.7 Å². The third-order valence-corrected chi connectivity index (χ3v) is 4.74. The average Bonchev–Trinajstić information content (AvgIpc) is 2.64. The van der Waals surface area contributed by atoms with Gasteiger partial charge in [0.15, 0.2) is 0 Å². The fraction of sp³-hybridized carbons (Fsp3) is 0.0476. The zero-order valence-corrected chi connectivity index (χ0v) is 14.7. The number of aromatic nitrogens is 1. The number of aryl methyl sites for hydroxylation is 1. The van der Waals surface area contributed by atoms with Crippen LogP contribution in [0.15, 0.2) is 71.7 Å². The first-order chi connectivity index (χ1) is 12.6. The van der Waals surface area contributed by atoms with Crippen LogP contribution in [-0.2, 0) is 7.05 Å². The van der Waals surface area contributed by atoms with E-state index in [-0.39, 0.29) is 11.0 Å². The third-order valence-electron chi connectivity index (χ3n) is 4.43. The van der Waals surface area contributed by atoms with Crippen molar-refractivity contribution in [2.24, 2.45) is 7.05 Å². The summed E-state index contributed by atoms with van der Waals surface area (Å²) in [6.45, 7) is 0. The zero-order chi connectivity index (χ0) is 18.3. The zero-order valence-electron chi connectivity index (χ0n) is 14.0. The van der Waals surface area contributed by atoms with E-state index in [1.807, 2.05) is 42.5 Å². The van der Waals surface area contributed by atoms with E-state index in [0.29, 0.717) is 21.6 Å². The first kappa shape index (κ1) is 16.4. The van der Waals surface area contributed by atoms with Crippen LogP contribution >= 0.6 is 11.6 Å². The molecule has 4 rings (SSSR count). The van der Waals surface area contributed by atoms with Crippen molar-refractivity contribution in [1.82, 2.24) is 4.57 Å². The number of anilines is 1. The van der Waals surface area contributed by atoms with Gasteiger partial charge in [0.2, 0.25) is 5.43 Å². The maximum atomic E-state index is 12.8. The molecule has 4 aromatic rings. The maximum absolute atomic E-state index is 12.8. The number of halogens is 1. The Morgan fingerprint density at radius 2 is 1.65 bits per heavy atom. The van der Waals surface area contributed by atoms with Crippen LogP contribution in [0.1, 0.15) is 10.4 Å². The number of benzene rings is 3. The van der Waals surface area contributed by atoms with Crippen molar-refractivity contribution in [2.45, 2.75) is 0 Å². The molecule has 5 heteroatoms. The summed E-state index contributed by atoms with van der Waals surface area (Å²) in [6, 6.07) is 18.5. The molecule has 0 saturated carbocycles. The highest BCUT2D eigenvalue weighted by atomic mass is 35.5. The summed E-state index contributed by atoms with van der Waals surface area (Å²) >= 11 is 6.20. The molecule has 0 radical (unpaired) electrons. The molecule has 1 N–H and O–H groups in total. The van der Waals surface area contributed by atoms with Gasteiger partial charge in [-0.1, -0.05) is 54.1 Å². The van der Waals surface area contributed by atoms with Crippen LogP contribution < -0.4 is 10.7 Å². The molecule has 0 aliphatic carbocycles. The Kier molecular flexibility index (Phi) is 3.98. The number of carbonyl (C=O) groups excluding carboxylic acids is 1. The number of amides is 1. The number of nitrogens with one attached hydrogen (secondary N) is 1. The van der Waals surface area contributed by atoms with Gasteiger partial charge in [0.05, 0.1) is 10.5 Å². The summed E-state index contributed by atoms with van der Waals surface area (Å²) in [7, 11) is 1.77. The van der Waals surface area contributed by atoms with E-state index in [9.17, 15) is 9.59 Å². The quantitative estimate of drug-likeness (QED) is 0.566. The smallest absolute Gasteiger partial charge is 0.261 e. The Morgan fingerprint density at radius 3 is 2.50 bits per heavy atom. The molecule has 0 unspecified atom stereocenters. The summed E-state index contributed by atoms with van der Waals surface area (Å²) in [5, 5.41) is 5.70. The summed E-state index contributed by atoms with van der Waals surface area (Å²) in [5.41, 5.74) is 1.02. The molecule has 4 nitrogen and oxygen atoms in total. The summed E-state index contributed by atoms with van der Waals surface area (Å²) < 4.78 is 1.71. The van der Waals surface area contributed by atoms with Gasteiger partial charge in [0.1, 0.15) is 5.56 Å². The molecular formula is C21H15ClN2O2. The minimum atomic E-state index is -0.441. The highest BCUT2D eigenvalue weighted by molar-refractivity contribution is 6.35. The Hall–Kier alpha value is -3.11. The van der Waals surface area contributed by atoms with Crippen LogP contribution in [0.4, 0.5) is 5.69 Å². The molecule has 1 heterocycles. The fourth-order valence-corrected chi connectivity index (χ4v) is 3.51. The normalized spacial score (nSPS) is 11.0. The standard InChI is InChI=1S/C21H15ClN2O2/c1-24-12-16(20(25)15-9-5-10-17(22)19(15)24)21(26)23-18-11-4-7-13-6-2-3-8-14(13)18/h2-12H,1H3,(H,23,26). The molecule has 1 aromatic heterocycles. The van der Waals surface area contributed by atoms with E-state index in [0.717, 1.165) is 10.8 Å². The van der Waals surface area contributed by atoms with Crippen molar-refractivity contribution in [1.29, 1.82) is 0 Å². The van der Waals surface area contributed by atoms with Crippen LogP contribution in [0.3, 0.4) is 0 Å². The third kappa shape index (κ3) is 2.65. The number of hydrogen-bond donors (Lipinski definition) is 1. The monoisotopic (exact) mass is 362 g/mol. The lowest BCUT2D eigenvalue weighted by Gasteiger charge is -2.12. The lowest BCUT2D eigenvalue weighted by Crippen LogP contribution is -2.23. The summed E-state index contributed by atoms with van der Waals surface area (Å²) in [6.07, 6.45) is 1.52. The fourth-order valence-electron chi connectivity index (χ4n) is 3.20. The number of nitrogens with zero attached hydrogens (tertiary/aromatic N) is 1. The highest BCUT2D eigenvalue weighted by Crippen LogP contribution is 2.24. The SMILES string of the molecule is Cn1cc(C(=O)Nc2cccc3ccccc23)c(=O)c2cccc(Cl)c21. The van der Waals surface area contributed by atoms with Gasteiger partial charge in [-0.15, -0.1) is 0 Å². The van der Waals surface area contributed by atoms with E-state index < -0.39 is 5.91 Å². The number of rotatable bonds is 2. The van der Waals surface area contributed by atoms with Gasteiger partial charge < -0.3 is 9.88 Å². The number of hydrogen-bond acceptors (Lipinski definition) is 2. The molecule has 0 saturated heterocycles. The van der Waals surface area contributed by atoms with Crippen molar-refractivity contribution in [3.05, 3.63) is 87.7 Å². The molecule has 0 bridgehead atoms. The number of fused-ring (bicyclic) bond motifs is 2. The van der Waals surface area contributed by atoms with E-state index in [4.69, 9.17) is 11.6 Å². The largest absolute Gasteiger partial charge is 0.348 e. The van der Waals surface area contributed by atoms with Crippen molar-refractivity contribution in [3.8, 4) is 0 Å². The van der Waals surface area contributed by atoms with E-state index >= 15 is 0 Å². The van der Waals surface area contributed by atoms with Gasteiger partial charge in [0.25, 0.3) is 5.91 Å². The van der Waals surface area contributed by atoms with Crippen LogP contribution in [-0.4, -0.2) is 10.5 Å².